The first-order valence-corrected chi connectivity index (χ1v) is 12.1. The van der Waals surface area contributed by atoms with Crippen LogP contribution in [0.25, 0.3) is 0 Å². The molecule has 2 amide bonds. The van der Waals surface area contributed by atoms with Crippen molar-refractivity contribution in [1.29, 1.82) is 0 Å². The van der Waals surface area contributed by atoms with Crippen LogP contribution in [0.2, 0.25) is 0 Å². The van der Waals surface area contributed by atoms with E-state index in [0.29, 0.717) is 38.0 Å². The predicted molar refractivity (Wildman–Crippen MR) is 117 cm³/mol. The molecule has 0 atom stereocenters. The number of nitrogens with one attached hydrogen (secondary N) is 2. The van der Waals surface area contributed by atoms with Crippen LogP contribution in [0.4, 0.5) is 0 Å². The Morgan fingerprint density at radius 3 is 2.32 bits per heavy atom. The first-order chi connectivity index (χ1) is 14.9. The lowest BCUT2D eigenvalue weighted by molar-refractivity contribution is -0.126. The van der Waals surface area contributed by atoms with Crippen molar-refractivity contribution in [2.75, 3.05) is 13.1 Å². The van der Waals surface area contributed by atoms with E-state index in [-0.39, 0.29) is 28.7 Å². The summed E-state index contributed by atoms with van der Waals surface area (Å²) in [7, 11) is -3.61. The van der Waals surface area contributed by atoms with Gasteiger partial charge >= 0.3 is 0 Å². The van der Waals surface area contributed by atoms with Crippen molar-refractivity contribution < 1.29 is 18.0 Å². The Hall–Kier alpha value is -2.71. The number of likely N-dealkylation sites (tertiary alicyclic amines) is 1. The quantitative estimate of drug-likeness (QED) is 0.689. The van der Waals surface area contributed by atoms with Crippen LogP contribution in [0.5, 0.6) is 0 Å². The van der Waals surface area contributed by atoms with Gasteiger partial charge in [0.25, 0.3) is 5.91 Å². The number of carbonyl (C=O) groups is 2. The number of hydrogen-bond donors (Lipinski definition) is 2. The van der Waals surface area contributed by atoms with Gasteiger partial charge in [-0.15, -0.1) is 0 Å². The van der Waals surface area contributed by atoms with E-state index in [1.807, 2.05) is 30.3 Å². The zero-order valence-corrected chi connectivity index (χ0v) is 18.1. The van der Waals surface area contributed by atoms with Crippen molar-refractivity contribution in [3.63, 3.8) is 0 Å². The van der Waals surface area contributed by atoms with E-state index in [4.69, 9.17) is 0 Å². The summed E-state index contributed by atoms with van der Waals surface area (Å²) < 4.78 is 27.5. The summed E-state index contributed by atoms with van der Waals surface area (Å²) in [5, 5.41) is 2.97. The van der Waals surface area contributed by atoms with Gasteiger partial charge in [-0.3, -0.25) is 9.59 Å². The zero-order valence-electron chi connectivity index (χ0n) is 17.3. The van der Waals surface area contributed by atoms with Crippen molar-refractivity contribution in [3.05, 3.63) is 65.7 Å². The fourth-order valence-corrected chi connectivity index (χ4v) is 5.09. The second-order valence-corrected chi connectivity index (χ2v) is 9.91. The molecule has 2 aromatic carbocycles. The maximum atomic E-state index is 12.9. The molecule has 1 heterocycles. The molecule has 0 aromatic heterocycles. The third kappa shape index (κ3) is 5.51. The molecule has 2 N–H and O–H groups in total. The Balaban J connectivity index is 1.32. The molecular formula is C23H27N3O4S. The SMILES string of the molecule is O=C(NCc1ccccc1)C1CCN(C(=O)c2cccc(S(=O)(=O)NC3CC3)c2)CC1. The van der Waals surface area contributed by atoms with Crippen LogP contribution >= 0.6 is 0 Å². The van der Waals surface area contributed by atoms with E-state index in [1.54, 1.807) is 17.0 Å². The van der Waals surface area contributed by atoms with Crippen LogP contribution < -0.4 is 10.0 Å². The molecule has 0 radical (unpaired) electrons. The van der Waals surface area contributed by atoms with Gasteiger partial charge in [0.2, 0.25) is 15.9 Å². The molecule has 0 bridgehead atoms. The monoisotopic (exact) mass is 441 g/mol. The number of benzene rings is 2. The van der Waals surface area contributed by atoms with Crippen LogP contribution in [0.15, 0.2) is 59.5 Å². The van der Waals surface area contributed by atoms with Gasteiger partial charge in [-0.05, 0) is 49.4 Å². The van der Waals surface area contributed by atoms with E-state index in [0.717, 1.165) is 18.4 Å². The maximum absolute atomic E-state index is 12.9. The van der Waals surface area contributed by atoms with E-state index >= 15 is 0 Å². The van der Waals surface area contributed by atoms with Crippen molar-refractivity contribution in [2.45, 2.75) is 43.2 Å². The smallest absolute Gasteiger partial charge is 0.253 e. The summed E-state index contributed by atoms with van der Waals surface area (Å²) in [4.78, 5) is 27.2. The van der Waals surface area contributed by atoms with Crippen molar-refractivity contribution in [2.24, 2.45) is 5.92 Å². The Bertz CT molecular complexity index is 1040. The van der Waals surface area contributed by atoms with Gasteiger partial charge in [-0.1, -0.05) is 36.4 Å². The maximum Gasteiger partial charge on any atom is 0.253 e. The Kier molecular flexibility index (Phi) is 6.38. The van der Waals surface area contributed by atoms with Gasteiger partial charge in [0.15, 0.2) is 0 Å². The Morgan fingerprint density at radius 2 is 1.65 bits per heavy atom. The average molecular weight is 442 g/mol. The molecule has 2 aliphatic rings. The minimum Gasteiger partial charge on any atom is -0.352 e. The topological polar surface area (TPSA) is 95.6 Å². The van der Waals surface area contributed by atoms with Gasteiger partial charge in [0, 0.05) is 37.2 Å². The Morgan fingerprint density at radius 1 is 0.935 bits per heavy atom. The van der Waals surface area contributed by atoms with Gasteiger partial charge in [-0.25, -0.2) is 13.1 Å². The van der Waals surface area contributed by atoms with E-state index in [9.17, 15) is 18.0 Å². The lowest BCUT2D eigenvalue weighted by atomic mass is 9.95. The number of carbonyl (C=O) groups excluding carboxylic acids is 2. The van der Waals surface area contributed by atoms with Crippen LogP contribution in [0, 0.1) is 5.92 Å². The van der Waals surface area contributed by atoms with Crippen molar-refractivity contribution in [1.82, 2.24) is 14.9 Å². The zero-order chi connectivity index (χ0) is 21.8. The molecule has 4 rings (SSSR count). The van der Waals surface area contributed by atoms with Crippen molar-refractivity contribution in [3.8, 4) is 0 Å². The first kappa shape index (κ1) is 21.5. The fourth-order valence-electron chi connectivity index (χ4n) is 3.74. The predicted octanol–water partition coefficient (Wildman–Crippen LogP) is 2.30. The molecule has 0 spiro atoms. The van der Waals surface area contributed by atoms with Gasteiger partial charge < -0.3 is 10.2 Å². The molecule has 31 heavy (non-hydrogen) atoms. The number of nitrogens with zero attached hydrogens (tertiary/aromatic N) is 1. The molecule has 7 nitrogen and oxygen atoms in total. The van der Waals surface area contributed by atoms with E-state index in [1.165, 1.54) is 12.1 Å². The second-order valence-electron chi connectivity index (χ2n) is 8.19. The third-order valence-corrected chi connectivity index (χ3v) is 7.27. The largest absolute Gasteiger partial charge is 0.352 e. The number of piperidine rings is 1. The summed E-state index contributed by atoms with van der Waals surface area (Å²) in [6.07, 6.45) is 2.89. The molecule has 1 aliphatic carbocycles. The first-order valence-electron chi connectivity index (χ1n) is 10.7. The van der Waals surface area contributed by atoms with E-state index < -0.39 is 10.0 Å². The van der Waals surface area contributed by atoms with E-state index in [2.05, 4.69) is 10.0 Å². The standard InChI is InChI=1S/C23H27N3O4S/c27-22(24-16-17-5-2-1-3-6-17)18-11-13-26(14-12-18)23(28)19-7-4-8-21(15-19)31(29,30)25-20-9-10-20/h1-8,15,18,20,25H,9-14,16H2,(H,24,27). The highest BCUT2D eigenvalue weighted by molar-refractivity contribution is 7.89. The molecular weight excluding hydrogens is 414 g/mol. The highest BCUT2D eigenvalue weighted by Crippen LogP contribution is 2.24. The number of rotatable bonds is 7. The van der Waals surface area contributed by atoms with Crippen LogP contribution in [-0.4, -0.2) is 44.3 Å². The molecule has 1 saturated carbocycles. The molecule has 8 heteroatoms. The van der Waals surface area contributed by atoms with Crippen molar-refractivity contribution >= 4 is 21.8 Å². The summed E-state index contributed by atoms with van der Waals surface area (Å²) in [5.41, 5.74) is 1.40. The summed E-state index contributed by atoms with van der Waals surface area (Å²) >= 11 is 0. The highest BCUT2D eigenvalue weighted by atomic mass is 32.2. The number of amides is 2. The number of sulfonamides is 1. The van der Waals surface area contributed by atoms with Crippen LogP contribution in [-0.2, 0) is 21.4 Å². The fraction of sp³-hybridized carbons (Fsp3) is 0.391. The van der Waals surface area contributed by atoms with Gasteiger partial charge in [0.05, 0.1) is 4.90 Å². The van der Waals surface area contributed by atoms with Gasteiger partial charge in [0.1, 0.15) is 0 Å². The molecule has 2 aromatic rings. The summed E-state index contributed by atoms with van der Waals surface area (Å²) in [6.45, 7) is 1.44. The van der Waals surface area contributed by atoms with Crippen LogP contribution in [0.3, 0.4) is 0 Å². The number of hydrogen-bond acceptors (Lipinski definition) is 4. The van der Waals surface area contributed by atoms with Crippen LogP contribution in [0.1, 0.15) is 41.6 Å². The normalized spacial score (nSPS) is 17.4. The average Bonchev–Trinajstić information content (AvgIpc) is 3.61. The lowest BCUT2D eigenvalue weighted by Gasteiger charge is -2.31. The molecule has 2 fully saturated rings. The summed E-state index contributed by atoms with van der Waals surface area (Å²) in [6, 6.07) is 15.9. The third-order valence-electron chi connectivity index (χ3n) is 5.75. The minimum atomic E-state index is -3.61. The molecule has 1 aliphatic heterocycles. The molecule has 0 unspecified atom stereocenters. The minimum absolute atomic E-state index is 0.00944. The molecule has 164 valence electrons. The Labute approximate surface area is 182 Å². The second kappa shape index (κ2) is 9.20. The highest BCUT2D eigenvalue weighted by Gasteiger charge is 2.30. The summed E-state index contributed by atoms with van der Waals surface area (Å²) in [5.74, 6) is -0.316. The van der Waals surface area contributed by atoms with Gasteiger partial charge in [-0.2, -0.15) is 0 Å². The lowest BCUT2D eigenvalue weighted by Crippen LogP contribution is -2.43. The molecule has 1 saturated heterocycles.